The average molecular weight is 232 g/mol. The Labute approximate surface area is 96.6 Å². The lowest BCUT2D eigenvalue weighted by molar-refractivity contribution is 0.285. The van der Waals surface area contributed by atoms with Crippen molar-refractivity contribution in [2.45, 2.75) is 33.6 Å². The van der Waals surface area contributed by atoms with Crippen molar-refractivity contribution in [1.29, 1.82) is 0 Å². The Morgan fingerprint density at radius 1 is 1.20 bits per heavy atom. The Morgan fingerprint density at radius 3 is 2.20 bits per heavy atom. The Balaban J connectivity index is 4.03. The summed E-state index contributed by atoms with van der Waals surface area (Å²) in [5, 5.41) is 0. The maximum atomic E-state index is 3.53. The van der Waals surface area contributed by atoms with E-state index < -0.39 is 9.28 Å². The van der Waals surface area contributed by atoms with Crippen molar-refractivity contribution < 1.29 is 0 Å². The molecule has 0 atom stereocenters. The lowest BCUT2D eigenvalue weighted by Gasteiger charge is -2.30. The minimum atomic E-state index is -1.18. The van der Waals surface area contributed by atoms with Crippen LogP contribution in [-0.2, 0) is 0 Å². The molecule has 0 saturated carbocycles. The van der Waals surface area contributed by atoms with Crippen LogP contribution in [0.15, 0.2) is 0 Å². The smallest absolute Gasteiger partial charge is 0.280 e. The van der Waals surface area contributed by atoms with Crippen LogP contribution in [0.4, 0.5) is 0 Å². The molecule has 0 fully saturated rings. The highest BCUT2D eigenvalue weighted by Crippen LogP contribution is 1.94. The second kappa shape index (κ2) is 9.29. The molecule has 5 heteroatoms. The molecule has 0 aromatic rings. The van der Waals surface area contributed by atoms with Crippen molar-refractivity contribution in [2.24, 2.45) is 5.92 Å². The van der Waals surface area contributed by atoms with E-state index in [-0.39, 0.29) is 0 Å². The van der Waals surface area contributed by atoms with Crippen molar-refractivity contribution >= 4 is 9.28 Å². The number of unbranched alkanes of at least 4 members (excludes halogenated alkanes) is 1. The fraction of sp³-hybridized carbons (Fsp3) is 1.00. The summed E-state index contributed by atoms with van der Waals surface area (Å²) in [6.07, 6.45) is 2.49. The summed E-state index contributed by atoms with van der Waals surface area (Å²) in [7, 11) is 2.89. The molecule has 0 bridgehead atoms. The van der Waals surface area contributed by atoms with Gasteiger partial charge >= 0.3 is 0 Å². The molecule has 0 amide bonds. The predicted octanol–water partition coefficient (Wildman–Crippen LogP) is 0.405. The fourth-order valence-electron chi connectivity index (χ4n) is 1.38. The van der Waals surface area contributed by atoms with Crippen molar-refractivity contribution in [3.05, 3.63) is 0 Å². The summed E-state index contributed by atoms with van der Waals surface area (Å²) in [6.45, 7) is 8.88. The fourth-order valence-corrected chi connectivity index (χ4v) is 3.02. The topological polar surface area (TPSA) is 39.3 Å². The summed E-state index contributed by atoms with van der Waals surface area (Å²) in [5.74, 6) is 0.692. The van der Waals surface area contributed by atoms with Crippen molar-refractivity contribution in [3.63, 3.8) is 0 Å². The molecule has 0 aliphatic heterocycles. The van der Waals surface area contributed by atoms with E-state index in [1.54, 1.807) is 0 Å². The van der Waals surface area contributed by atoms with Crippen molar-refractivity contribution in [2.75, 3.05) is 27.2 Å². The van der Waals surface area contributed by atoms with E-state index in [1.807, 2.05) is 14.1 Å². The number of hydrogen-bond donors (Lipinski definition) is 3. The molecular weight excluding hydrogens is 204 g/mol. The minimum absolute atomic E-state index is 0.692. The number of nitrogens with one attached hydrogen (secondary N) is 3. The SMILES string of the molecule is CCCCN(NCC(C)C)[SiH](NC)NC. The third-order valence-electron chi connectivity index (χ3n) is 2.31. The van der Waals surface area contributed by atoms with Crippen molar-refractivity contribution in [3.8, 4) is 0 Å². The number of nitrogens with zero attached hydrogens (tertiary/aromatic N) is 1. The highest BCUT2D eigenvalue weighted by molar-refractivity contribution is 6.49. The third kappa shape index (κ3) is 7.02. The molecule has 0 rings (SSSR count). The molecule has 0 aromatic carbocycles. The molecule has 3 N–H and O–H groups in total. The maximum absolute atomic E-state index is 3.53. The van der Waals surface area contributed by atoms with Gasteiger partial charge in [0.25, 0.3) is 9.28 Å². The van der Waals surface area contributed by atoms with E-state index >= 15 is 0 Å². The molecule has 0 saturated heterocycles. The number of hydrazine groups is 1. The van der Waals surface area contributed by atoms with Gasteiger partial charge in [-0.2, -0.15) is 0 Å². The number of hydrogen-bond acceptors (Lipinski definition) is 4. The molecule has 0 heterocycles. The van der Waals surface area contributed by atoms with Crippen LogP contribution in [0.3, 0.4) is 0 Å². The molecule has 15 heavy (non-hydrogen) atoms. The van der Waals surface area contributed by atoms with Gasteiger partial charge in [-0.3, -0.25) is 5.43 Å². The van der Waals surface area contributed by atoms with Gasteiger partial charge in [0.2, 0.25) is 0 Å². The number of rotatable bonds is 9. The summed E-state index contributed by atoms with van der Waals surface area (Å²) in [4.78, 5) is 6.75. The Morgan fingerprint density at radius 2 is 1.80 bits per heavy atom. The highest BCUT2D eigenvalue weighted by Gasteiger charge is 2.16. The van der Waals surface area contributed by atoms with Crippen LogP contribution in [0.1, 0.15) is 33.6 Å². The standard InChI is InChI=1S/C10H28N4Si/c1-6-7-8-14(13-9-10(2)3)15(11-4)12-5/h10-13,15H,6-9H2,1-5H3. The van der Waals surface area contributed by atoms with Gasteiger partial charge in [0.1, 0.15) is 0 Å². The largest absolute Gasteiger partial charge is 0.318 e. The van der Waals surface area contributed by atoms with Crippen LogP contribution in [0.5, 0.6) is 0 Å². The van der Waals surface area contributed by atoms with E-state index in [4.69, 9.17) is 0 Å². The van der Waals surface area contributed by atoms with Gasteiger partial charge in [0.05, 0.1) is 0 Å². The monoisotopic (exact) mass is 232 g/mol. The Bertz CT molecular complexity index is 139. The first-order valence-corrected chi connectivity index (χ1v) is 7.67. The van der Waals surface area contributed by atoms with Gasteiger partial charge in [0.15, 0.2) is 0 Å². The summed E-state index contributed by atoms with van der Waals surface area (Å²) >= 11 is 0. The zero-order valence-corrected chi connectivity index (χ0v) is 12.1. The van der Waals surface area contributed by atoms with Gasteiger partial charge in [-0.25, -0.2) is 4.67 Å². The highest BCUT2D eigenvalue weighted by atomic mass is 28.3. The minimum Gasteiger partial charge on any atom is -0.318 e. The van der Waals surface area contributed by atoms with Crippen molar-refractivity contribution in [1.82, 2.24) is 20.1 Å². The molecule has 0 aliphatic carbocycles. The molecule has 0 aromatic heterocycles. The Hall–Kier alpha value is 0.0569. The second-order valence-electron chi connectivity index (χ2n) is 4.28. The van der Waals surface area contributed by atoms with Crippen LogP contribution >= 0.6 is 0 Å². The van der Waals surface area contributed by atoms with E-state index in [0.717, 1.165) is 13.1 Å². The Kier molecular flexibility index (Phi) is 9.33. The zero-order chi connectivity index (χ0) is 11.7. The summed E-state index contributed by atoms with van der Waals surface area (Å²) in [5.41, 5.74) is 3.53. The normalized spacial score (nSPS) is 12.0. The third-order valence-corrected chi connectivity index (χ3v) is 4.47. The molecule has 0 aliphatic rings. The van der Waals surface area contributed by atoms with Crippen LogP contribution < -0.4 is 15.4 Å². The quantitative estimate of drug-likeness (QED) is 0.398. The van der Waals surface area contributed by atoms with Crippen LogP contribution in [0, 0.1) is 5.92 Å². The predicted molar refractivity (Wildman–Crippen MR) is 69.7 cm³/mol. The molecular formula is C10H28N4Si. The maximum Gasteiger partial charge on any atom is 0.280 e. The first kappa shape index (κ1) is 15.1. The van der Waals surface area contributed by atoms with Gasteiger partial charge in [-0.15, -0.1) is 0 Å². The van der Waals surface area contributed by atoms with Gasteiger partial charge < -0.3 is 9.96 Å². The average Bonchev–Trinajstić information content (AvgIpc) is 2.22. The lowest BCUT2D eigenvalue weighted by Crippen LogP contribution is -2.63. The molecule has 0 spiro atoms. The van der Waals surface area contributed by atoms with E-state index in [2.05, 4.69) is 40.8 Å². The zero-order valence-electron chi connectivity index (χ0n) is 10.9. The first-order chi connectivity index (χ1) is 7.15. The van der Waals surface area contributed by atoms with Crippen LogP contribution in [-0.4, -0.2) is 41.1 Å². The second-order valence-corrected chi connectivity index (χ2v) is 6.87. The molecule has 4 nitrogen and oxygen atoms in total. The van der Waals surface area contributed by atoms with E-state index in [1.165, 1.54) is 12.8 Å². The van der Waals surface area contributed by atoms with E-state index in [9.17, 15) is 0 Å². The summed E-state index contributed by atoms with van der Waals surface area (Å²) in [6, 6.07) is 0. The van der Waals surface area contributed by atoms with Crippen LogP contribution in [0.2, 0.25) is 0 Å². The van der Waals surface area contributed by atoms with Gasteiger partial charge in [-0.1, -0.05) is 27.2 Å². The van der Waals surface area contributed by atoms with Gasteiger partial charge in [-0.05, 0) is 26.4 Å². The molecule has 0 unspecified atom stereocenters. The lowest BCUT2D eigenvalue weighted by atomic mass is 10.2. The van der Waals surface area contributed by atoms with Gasteiger partial charge in [0, 0.05) is 13.1 Å². The van der Waals surface area contributed by atoms with E-state index in [0.29, 0.717) is 5.92 Å². The first-order valence-electron chi connectivity index (χ1n) is 6.00. The molecule has 0 radical (unpaired) electrons. The van der Waals surface area contributed by atoms with Crippen LogP contribution in [0.25, 0.3) is 0 Å². The molecule has 92 valence electrons. The summed E-state index contributed by atoms with van der Waals surface area (Å²) < 4.78 is 2.38.